The highest BCUT2D eigenvalue weighted by Gasteiger charge is 2.16. The van der Waals surface area contributed by atoms with Crippen molar-refractivity contribution in [1.82, 2.24) is 4.90 Å². The first-order valence-corrected chi connectivity index (χ1v) is 5.66. The molecule has 1 saturated heterocycles. The first kappa shape index (κ1) is 11.4. The maximum atomic E-state index is 11.6. The summed E-state index contributed by atoms with van der Waals surface area (Å²) in [4.78, 5) is 8.18. The van der Waals surface area contributed by atoms with E-state index in [1.54, 1.807) is 0 Å². The standard InChI is InChI=1S/C12H17FN2O/c13-16-11-10-14-6-8-15(9-7-14)12-4-2-1-3-5-12/h1-5H,6-11H2. The third-order valence-corrected chi connectivity index (χ3v) is 2.98. The van der Waals surface area contributed by atoms with Gasteiger partial charge in [0.25, 0.3) is 0 Å². The molecule has 4 heteroatoms. The molecule has 0 spiro atoms. The molecule has 0 unspecified atom stereocenters. The van der Waals surface area contributed by atoms with Crippen molar-refractivity contribution in [2.75, 3.05) is 44.2 Å². The van der Waals surface area contributed by atoms with Gasteiger partial charge in [0.05, 0.1) is 0 Å². The van der Waals surface area contributed by atoms with Crippen molar-refractivity contribution in [2.24, 2.45) is 0 Å². The van der Waals surface area contributed by atoms with Crippen molar-refractivity contribution in [3.63, 3.8) is 0 Å². The minimum absolute atomic E-state index is 0.172. The molecule has 1 aliphatic rings. The largest absolute Gasteiger partial charge is 0.369 e. The van der Waals surface area contributed by atoms with Crippen molar-refractivity contribution < 1.29 is 9.47 Å². The Morgan fingerprint density at radius 1 is 1.06 bits per heavy atom. The fourth-order valence-corrected chi connectivity index (χ4v) is 2.03. The number of benzene rings is 1. The zero-order valence-corrected chi connectivity index (χ0v) is 9.31. The minimum Gasteiger partial charge on any atom is -0.369 e. The lowest BCUT2D eigenvalue weighted by molar-refractivity contribution is -0.136. The molecule has 2 rings (SSSR count). The fourth-order valence-electron chi connectivity index (χ4n) is 2.03. The molecule has 88 valence electrons. The molecule has 1 fully saturated rings. The van der Waals surface area contributed by atoms with Gasteiger partial charge < -0.3 is 4.90 Å². The number of halogens is 1. The van der Waals surface area contributed by atoms with E-state index in [9.17, 15) is 4.53 Å². The summed E-state index contributed by atoms with van der Waals surface area (Å²) >= 11 is 0. The zero-order valence-electron chi connectivity index (χ0n) is 9.31. The van der Waals surface area contributed by atoms with Crippen LogP contribution in [0.4, 0.5) is 10.2 Å². The summed E-state index contributed by atoms with van der Waals surface area (Å²) in [6.45, 7) is 4.79. The highest BCUT2D eigenvalue weighted by Crippen LogP contribution is 2.15. The average molecular weight is 224 g/mol. The Balaban J connectivity index is 1.81. The molecule has 1 aromatic rings. The first-order chi connectivity index (χ1) is 7.90. The van der Waals surface area contributed by atoms with E-state index in [1.807, 2.05) is 6.07 Å². The lowest BCUT2D eigenvalue weighted by atomic mass is 10.2. The van der Waals surface area contributed by atoms with Crippen molar-refractivity contribution in [2.45, 2.75) is 0 Å². The van der Waals surface area contributed by atoms with E-state index in [4.69, 9.17) is 0 Å². The van der Waals surface area contributed by atoms with E-state index in [2.05, 4.69) is 39.0 Å². The fraction of sp³-hybridized carbons (Fsp3) is 0.500. The number of piperazine rings is 1. The number of rotatable bonds is 4. The van der Waals surface area contributed by atoms with E-state index >= 15 is 0 Å². The summed E-state index contributed by atoms with van der Waals surface area (Å²) in [5.74, 6) is 0. The van der Waals surface area contributed by atoms with Gasteiger partial charge in [0, 0.05) is 38.4 Å². The molecule has 1 aromatic carbocycles. The SMILES string of the molecule is FOCCN1CCN(c2ccccc2)CC1. The van der Waals surface area contributed by atoms with Gasteiger partial charge >= 0.3 is 0 Å². The van der Waals surface area contributed by atoms with Crippen molar-refractivity contribution in [3.05, 3.63) is 30.3 Å². The highest BCUT2D eigenvalue weighted by atomic mass is 19.3. The van der Waals surface area contributed by atoms with Crippen LogP contribution in [0.3, 0.4) is 0 Å². The van der Waals surface area contributed by atoms with E-state index in [-0.39, 0.29) is 6.61 Å². The number of hydrogen-bond acceptors (Lipinski definition) is 3. The number of para-hydroxylation sites is 1. The van der Waals surface area contributed by atoms with Crippen LogP contribution in [0, 0.1) is 0 Å². The Bertz CT molecular complexity index is 299. The molecule has 0 amide bonds. The highest BCUT2D eigenvalue weighted by molar-refractivity contribution is 5.46. The number of nitrogens with zero attached hydrogens (tertiary/aromatic N) is 2. The summed E-state index contributed by atoms with van der Waals surface area (Å²) in [5, 5.41) is 0. The Morgan fingerprint density at radius 3 is 2.38 bits per heavy atom. The van der Waals surface area contributed by atoms with Crippen LogP contribution in [0.15, 0.2) is 30.3 Å². The predicted octanol–water partition coefficient (Wildman–Crippen LogP) is 1.71. The Morgan fingerprint density at radius 2 is 1.75 bits per heavy atom. The molecule has 1 heterocycles. The number of hydrogen-bond donors (Lipinski definition) is 0. The zero-order chi connectivity index (χ0) is 11.2. The molecule has 0 saturated carbocycles. The monoisotopic (exact) mass is 224 g/mol. The molecule has 16 heavy (non-hydrogen) atoms. The topological polar surface area (TPSA) is 15.7 Å². The second-order valence-corrected chi connectivity index (χ2v) is 3.98. The molecule has 0 bridgehead atoms. The van der Waals surface area contributed by atoms with Crippen LogP contribution in [0.2, 0.25) is 0 Å². The van der Waals surface area contributed by atoms with E-state index in [0.29, 0.717) is 6.54 Å². The summed E-state index contributed by atoms with van der Waals surface area (Å²) in [5.41, 5.74) is 1.27. The third kappa shape index (κ3) is 2.93. The van der Waals surface area contributed by atoms with E-state index in [1.165, 1.54) is 5.69 Å². The van der Waals surface area contributed by atoms with Gasteiger partial charge in [-0.05, 0) is 16.7 Å². The van der Waals surface area contributed by atoms with Crippen LogP contribution in [-0.2, 0) is 4.94 Å². The lowest BCUT2D eigenvalue weighted by Crippen LogP contribution is -2.47. The second kappa shape index (κ2) is 5.82. The molecule has 1 aliphatic heterocycles. The van der Waals surface area contributed by atoms with Crippen LogP contribution in [0.25, 0.3) is 0 Å². The van der Waals surface area contributed by atoms with Gasteiger partial charge in [-0.2, -0.15) is 4.94 Å². The average Bonchev–Trinajstić information content (AvgIpc) is 2.38. The number of anilines is 1. The van der Waals surface area contributed by atoms with Crippen molar-refractivity contribution in [3.8, 4) is 0 Å². The summed E-state index contributed by atoms with van der Waals surface area (Å²) in [6, 6.07) is 10.4. The van der Waals surface area contributed by atoms with Crippen molar-refractivity contribution in [1.29, 1.82) is 0 Å². The Hall–Kier alpha value is -1.13. The quantitative estimate of drug-likeness (QED) is 0.774. The van der Waals surface area contributed by atoms with Crippen LogP contribution >= 0.6 is 0 Å². The van der Waals surface area contributed by atoms with Gasteiger partial charge in [-0.15, -0.1) is 0 Å². The summed E-state index contributed by atoms with van der Waals surface area (Å²) in [6.07, 6.45) is 0. The van der Waals surface area contributed by atoms with Gasteiger partial charge in [-0.1, -0.05) is 18.2 Å². The Kier molecular flexibility index (Phi) is 4.13. The van der Waals surface area contributed by atoms with Crippen LogP contribution in [0.1, 0.15) is 0 Å². The molecular formula is C12H17FN2O. The summed E-state index contributed by atoms with van der Waals surface area (Å²) in [7, 11) is 0. The lowest BCUT2D eigenvalue weighted by Gasteiger charge is -2.35. The molecular weight excluding hydrogens is 207 g/mol. The van der Waals surface area contributed by atoms with E-state index < -0.39 is 0 Å². The van der Waals surface area contributed by atoms with Crippen LogP contribution in [0.5, 0.6) is 0 Å². The van der Waals surface area contributed by atoms with Gasteiger partial charge in [0.2, 0.25) is 0 Å². The molecule has 0 radical (unpaired) electrons. The third-order valence-electron chi connectivity index (χ3n) is 2.98. The van der Waals surface area contributed by atoms with Gasteiger partial charge in [-0.25, -0.2) is 0 Å². The van der Waals surface area contributed by atoms with Gasteiger partial charge in [0.1, 0.15) is 6.61 Å². The first-order valence-electron chi connectivity index (χ1n) is 5.66. The van der Waals surface area contributed by atoms with Crippen LogP contribution < -0.4 is 4.90 Å². The van der Waals surface area contributed by atoms with Gasteiger partial charge in [0.15, 0.2) is 0 Å². The summed E-state index contributed by atoms with van der Waals surface area (Å²) < 4.78 is 11.6. The maximum absolute atomic E-state index is 11.6. The molecule has 0 atom stereocenters. The minimum atomic E-state index is 0.172. The van der Waals surface area contributed by atoms with Crippen LogP contribution in [-0.4, -0.2) is 44.2 Å². The maximum Gasteiger partial charge on any atom is 0.100 e. The smallest absolute Gasteiger partial charge is 0.100 e. The molecule has 0 aliphatic carbocycles. The predicted molar refractivity (Wildman–Crippen MR) is 62.2 cm³/mol. The molecule has 0 aromatic heterocycles. The second-order valence-electron chi connectivity index (χ2n) is 3.98. The normalized spacial score (nSPS) is 17.7. The van der Waals surface area contributed by atoms with E-state index in [0.717, 1.165) is 26.2 Å². The Labute approximate surface area is 95.3 Å². The molecule has 0 N–H and O–H groups in total. The van der Waals surface area contributed by atoms with Gasteiger partial charge in [-0.3, -0.25) is 4.90 Å². The molecule has 3 nitrogen and oxygen atoms in total. The van der Waals surface area contributed by atoms with Crippen molar-refractivity contribution >= 4 is 5.69 Å².